The summed E-state index contributed by atoms with van der Waals surface area (Å²) in [5.41, 5.74) is 1.25. The molecule has 0 unspecified atom stereocenters. The van der Waals surface area contributed by atoms with Gasteiger partial charge in [-0.2, -0.15) is 0 Å². The molecule has 0 amide bonds. The number of hydrogen-bond acceptors (Lipinski definition) is 3. The van der Waals surface area contributed by atoms with E-state index in [1.54, 1.807) is 7.11 Å². The molecule has 2 rings (SSSR count). The van der Waals surface area contributed by atoms with Crippen LogP contribution in [0.15, 0.2) is 21.1 Å². The lowest BCUT2D eigenvalue weighted by Gasteiger charge is -2.12. The fourth-order valence-corrected chi connectivity index (χ4v) is 3.14. The van der Waals surface area contributed by atoms with Gasteiger partial charge >= 0.3 is 0 Å². The van der Waals surface area contributed by atoms with Crippen molar-refractivity contribution in [3.05, 3.63) is 26.6 Å². The average Bonchev–Trinajstić information content (AvgIpc) is 3.14. The van der Waals surface area contributed by atoms with E-state index in [-0.39, 0.29) is 0 Å². The van der Waals surface area contributed by atoms with Gasteiger partial charge in [-0.05, 0) is 62.4 Å². The largest absolute Gasteiger partial charge is 0.489 e. The molecular formula is C13H17Br2NO2. The Balaban J connectivity index is 1.97. The highest BCUT2D eigenvalue weighted by molar-refractivity contribution is 9.11. The van der Waals surface area contributed by atoms with Crippen LogP contribution in [0.4, 0.5) is 0 Å². The zero-order valence-corrected chi connectivity index (χ0v) is 13.5. The third-order valence-electron chi connectivity index (χ3n) is 2.76. The fraction of sp³-hybridized carbons (Fsp3) is 0.538. The van der Waals surface area contributed by atoms with Crippen LogP contribution in [0.5, 0.6) is 5.75 Å². The predicted octanol–water partition coefficient (Wildman–Crippen LogP) is 3.49. The van der Waals surface area contributed by atoms with Crippen molar-refractivity contribution in [1.82, 2.24) is 5.32 Å². The number of benzene rings is 1. The highest BCUT2D eigenvalue weighted by Gasteiger charge is 2.20. The van der Waals surface area contributed by atoms with E-state index in [2.05, 4.69) is 49.3 Å². The molecule has 0 bridgehead atoms. The predicted molar refractivity (Wildman–Crippen MR) is 79.1 cm³/mol. The van der Waals surface area contributed by atoms with Crippen molar-refractivity contribution in [3.8, 4) is 5.75 Å². The molecule has 100 valence electrons. The van der Waals surface area contributed by atoms with Gasteiger partial charge in [-0.1, -0.05) is 0 Å². The van der Waals surface area contributed by atoms with E-state index in [4.69, 9.17) is 9.47 Å². The molecule has 0 atom stereocenters. The molecule has 1 saturated carbocycles. The smallest absolute Gasteiger partial charge is 0.147 e. The second-order valence-corrected chi connectivity index (χ2v) is 6.09. The van der Waals surface area contributed by atoms with Crippen molar-refractivity contribution in [2.24, 2.45) is 0 Å². The van der Waals surface area contributed by atoms with Crippen LogP contribution in [0.1, 0.15) is 18.4 Å². The summed E-state index contributed by atoms with van der Waals surface area (Å²) >= 11 is 7.10. The molecule has 0 radical (unpaired) electrons. The first-order valence-corrected chi connectivity index (χ1v) is 7.62. The van der Waals surface area contributed by atoms with Crippen molar-refractivity contribution in [2.75, 3.05) is 20.3 Å². The Hall–Kier alpha value is -0.100. The average molecular weight is 379 g/mol. The van der Waals surface area contributed by atoms with Gasteiger partial charge in [-0.15, -0.1) is 0 Å². The fourth-order valence-electron chi connectivity index (χ4n) is 1.63. The summed E-state index contributed by atoms with van der Waals surface area (Å²) in [5, 5.41) is 3.50. The molecule has 0 aromatic heterocycles. The Morgan fingerprint density at radius 1 is 1.22 bits per heavy atom. The van der Waals surface area contributed by atoms with Gasteiger partial charge in [0.15, 0.2) is 0 Å². The van der Waals surface area contributed by atoms with E-state index in [9.17, 15) is 0 Å². The maximum Gasteiger partial charge on any atom is 0.147 e. The first kappa shape index (κ1) is 14.3. The molecule has 1 aliphatic rings. The third kappa shape index (κ3) is 4.23. The molecule has 1 aromatic carbocycles. The molecule has 1 fully saturated rings. The lowest BCUT2D eigenvalue weighted by Crippen LogP contribution is -2.15. The lowest BCUT2D eigenvalue weighted by molar-refractivity contribution is 0.145. The minimum Gasteiger partial charge on any atom is -0.489 e. The summed E-state index contributed by atoms with van der Waals surface area (Å²) in [7, 11) is 1.67. The van der Waals surface area contributed by atoms with Crippen molar-refractivity contribution >= 4 is 31.9 Å². The number of ether oxygens (including phenoxy) is 2. The summed E-state index contributed by atoms with van der Waals surface area (Å²) < 4.78 is 12.6. The van der Waals surface area contributed by atoms with Crippen LogP contribution in [0.25, 0.3) is 0 Å². The Morgan fingerprint density at radius 3 is 2.44 bits per heavy atom. The number of nitrogens with one attached hydrogen (secondary N) is 1. The quantitative estimate of drug-likeness (QED) is 0.736. The van der Waals surface area contributed by atoms with E-state index in [0.717, 1.165) is 27.3 Å². The maximum absolute atomic E-state index is 5.66. The van der Waals surface area contributed by atoms with Crippen LogP contribution in [0.2, 0.25) is 0 Å². The SMILES string of the molecule is COCCOc1c(Br)cc(CNC2CC2)cc1Br. The van der Waals surface area contributed by atoms with Gasteiger partial charge in [0, 0.05) is 19.7 Å². The van der Waals surface area contributed by atoms with E-state index in [1.807, 2.05) is 0 Å². The first-order chi connectivity index (χ1) is 8.70. The number of methoxy groups -OCH3 is 1. The summed E-state index contributed by atoms with van der Waals surface area (Å²) in [6.07, 6.45) is 2.61. The minimum absolute atomic E-state index is 0.549. The Labute approximate surface area is 124 Å². The van der Waals surface area contributed by atoms with E-state index in [1.165, 1.54) is 18.4 Å². The van der Waals surface area contributed by atoms with Crippen LogP contribution in [0.3, 0.4) is 0 Å². The van der Waals surface area contributed by atoms with Crippen molar-refractivity contribution in [2.45, 2.75) is 25.4 Å². The second-order valence-electron chi connectivity index (χ2n) is 4.39. The molecule has 0 aliphatic heterocycles. The summed E-state index contributed by atoms with van der Waals surface area (Å²) in [6.45, 7) is 2.04. The van der Waals surface area contributed by atoms with Gasteiger partial charge < -0.3 is 14.8 Å². The van der Waals surface area contributed by atoms with E-state index in [0.29, 0.717) is 13.2 Å². The van der Waals surface area contributed by atoms with Gasteiger partial charge in [0.1, 0.15) is 12.4 Å². The van der Waals surface area contributed by atoms with E-state index < -0.39 is 0 Å². The zero-order valence-electron chi connectivity index (χ0n) is 10.3. The molecule has 3 nitrogen and oxygen atoms in total. The number of hydrogen-bond donors (Lipinski definition) is 1. The van der Waals surface area contributed by atoms with Gasteiger partial charge in [0.05, 0.1) is 15.6 Å². The van der Waals surface area contributed by atoms with Crippen LogP contribution in [0, 0.1) is 0 Å². The minimum atomic E-state index is 0.549. The highest BCUT2D eigenvalue weighted by atomic mass is 79.9. The molecule has 1 aromatic rings. The normalized spacial score (nSPS) is 14.8. The third-order valence-corrected chi connectivity index (χ3v) is 3.94. The Kier molecular flexibility index (Phi) is 5.48. The molecule has 1 N–H and O–H groups in total. The number of halogens is 2. The number of rotatable bonds is 7. The Bertz CT molecular complexity index is 385. The summed E-state index contributed by atoms with van der Waals surface area (Å²) in [6, 6.07) is 4.92. The van der Waals surface area contributed by atoms with Gasteiger partial charge in [-0.25, -0.2) is 0 Å². The lowest BCUT2D eigenvalue weighted by atomic mass is 10.2. The van der Waals surface area contributed by atoms with Crippen molar-refractivity contribution in [3.63, 3.8) is 0 Å². The summed E-state index contributed by atoms with van der Waals surface area (Å²) in [5.74, 6) is 0.835. The summed E-state index contributed by atoms with van der Waals surface area (Å²) in [4.78, 5) is 0. The van der Waals surface area contributed by atoms with Crippen molar-refractivity contribution < 1.29 is 9.47 Å². The van der Waals surface area contributed by atoms with Crippen molar-refractivity contribution in [1.29, 1.82) is 0 Å². The van der Waals surface area contributed by atoms with E-state index >= 15 is 0 Å². The molecule has 0 saturated heterocycles. The topological polar surface area (TPSA) is 30.5 Å². The first-order valence-electron chi connectivity index (χ1n) is 6.03. The van der Waals surface area contributed by atoms with Gasteiger partial charge in [0.25, 0.3) is 0 Å². The zero-order chi connectivity index (χ0) is 13.0. The molecule has 0 heterocycles. The molecular weight excluding hydrogens is 362 g/mol. The highest BCUT2D eigenvalue weighted by Crippen LogP contribution is 2.35. The van der Waals surface area contributed by atoms with Crippen LogP contribution in [-0.4, -0.2) is 26.4 Å². The van der Waals surface area contributed by atoms with Crippen LogP contribution < -0.4 is 10.1 Å². The molecule has 0 spiro atoms. The Morgan fingerprint density at radius 2 is 1.89 bits per heavy atom. The maximum atomic E-state index is 5.66. The van der Waals surface area contributed by atoms with Crippen LogP contribution >= 0.6 is 31.9 Å². The molecule has 5 heteroatoms. The second kappa shape index (κ2) is 6.89. The monoisotopic (exact) mass is 377 g/mol. The standard InChI is InChI=1S/C13H17Br2NO2/c1-17-4-5-18-13-11(14)6-9(7-12(13)15)8-16-10-2-3-10/h6-7,10,16H,2-5,8H2,1H3. The van der Waals surface area contributed by atoms with Gasteiger partial charge in [-0.3, -0.25) is 0 Å². The van der Waals surface area contributed by atoms with Gasteiger partial charge in [0.2, 0.25) is 0 Å². The molecule has 1 aliphatic carbocycles. The van der Waals surface area contributed by atoms with Crippen LogP contribution in [-0.2, 0) is 11.3 Å². The molecule has 18 heavy (non-hydrogen) atoms.